The lowest BCUT2D eigenvalue weighted by atomic mass is 9.80. The number of pyridine rings is 2. The summed E-state index contributed by atoms with van der Waals surface area (Å²) in [4.78, 5) is 8.25. The van der Waals surface area contributed by atoms with Gasteiger partial charge in [-0.3, -0.25) is 4.98 Å². The van der Waals surface area contributed by atoms with E-state index in [0.29, 0.717) is 5.46 Å². The molecule has 0 spiro atoms. The van der Waals surface area contributed by atoms with Crippen LogP contribution in [0.5, 0.6) is 0 Å². The van der Waals surface area contributed by atoms with E-state index < -0.39 is 7.12 Å². The molecule has 2 aromatic heterocycles. The Morgan fingerprint density at radius 3 is 1.64 bits per heavy atom. The molecule has 0 saturated carbocycles. The lowest BCUT2D eigenvalue weighted by Gasteiger charge is -2.03. The van der Waals surface area contributed by atoms with Gasteiger partial charge >= 0.3 is 7.12 Å². The molecule has 33 heavy (non-hydrogen) atoms. The monoisotopic (exact) mass is 514 g/mol. The molecular formula is C25H26BBrF2N2O2. The highest BCUT2D eigenvalue weighted by atomic mass is 79.9. The van der Waals surface area contributed by atoms with Crippen LogP contribution < -0.4 is 5.46 Å². The second-order valence-corrected chi connectivity index (χ2v) is 7.46. The molecule has 0 aliphatic carbocycles. The summed E-state index contributed by atoms with van der Waals surface area (Å²) in [6.45, 7) is 4.00. The van der Waals surface area contributed by atoms with Crippen LogP contribution in [0.15, 0.2) is 89.8 Å². The molecule has 0 aliphatic heterocycles. The summed E-state index contributed by atoms with van der Waals surface area (Å²) in [5.41, 5.74) is 4.42. The van der Waals surface area contributed by atoms with Gasteiger partial charge in [0.15, 0.2) is 0 Å². The second-order valence-electron chi connectivity index (χ2n) is 6.71. The average molecular weight is 515 g/mol. The Hall–Kier alpha value is -2.94. The quantitative estimate of drug-likeness (QED) is 0.274. The fourth-order valence-electron chi connectivity index (χ4n) is 2.50. The van der Waals surface area contributed by atoms with E-state index in [4.69, 9.17) is 10.0 Å². The van der Waals surface area contributed by atoms with Crippen molar-refractivity contribution in [3.05, 3.63) is 113 Å². The van der Waals surface area contributed by atoms with Gasteiger partial charge in [-0.25, -0.2) is 13.8 Å². The summed E-state index contributed by atoms with van der Waals surface area (Å²) in [5.74, 6) is -0.605. The van der Waals surface area contributed by atoms with Crippen LogP contribution in [0.1, 0.15) is 18.6 Å². The van der Waals surface area contributed by atoms with Crippen LogP contribution in [0.4, 0.5) is 8.78 Å². The Morgan fingerprint density at radius 1 is 0.727 bits per heavy atom. The van der Waals surface area contributed by atoms with Crippen molar-refractivity contribution in [2.24, 2.45) is 0 Å². The van der Waals surface area contributed by atoms with Crippen LogP contribution in [0.2, 0.25) is 0 Å². The Bertz CT molecular complexity index is 1090. The van der Waals surface area contributed by atoms with Gasteiger partial charge in [0.25, 0.3) is 0 Å². The first-order valence-electron chi connectivity index (χ1n) is 9.64. The van der Waals surface area contributed by atoms with Gasteiger partial charge in [-0.05, 0) is 94.9 Å². The third kappa shape index (κ3) is 9.61. The van der Waals surface area contributed by atoms with Crippen molar-refractivity contribution < 1.29 is 18.8 Å². The molecule has 4 nitrogen and oxygen atoms in total. The van der Waals surface area contributed by atoms with Crippen molar-refractivity contribution >= 4 is 28.5 Å². The number of nitrogens with zero attached hydrogens (tertiary/aromatic N) is 2. The molecule has 0 saturated heterocycles. The average Bonchev–Trinajstić information content (AvgIpc) is 2.78. The largest absolute Gasteiger partial charge is 0.488 e. The van der Waals surface area contributed by atoms with Gasteiger partial charge in [0, 0.05) is 18.0 Å². The highest BCUT2D eigenvalue weighted by Gasteiger charge is 2.09. The zero-order valence-electron chi connectivity index (χ0n) is 17.6. The summed E-state index contributed by atoms with van der Waals surface area (Å²) in [6.07, 6.45) is 3.50. The summed E-state index contributed by atoms with van der Waals surface area (Å²) in [6, 6.07) is 19.2. The molecule has 0 aliphatic rings. The SMILES string of the molecule is C.Cc1cccnc1-c1ccc(F)cc1.Cc1cccnc1Br.OB(O)c1ccc(F)cc1. The highest BCUT2D eigenvalue weighted by Crippen LogP contribution is 2.20. The van der Waals surface area contributed by atoms with Gasteiger partial charge in [0.05, 0.1) is 5.69 Å². The second kappa shape index (κ2) is 14.3. The molecule has 0 radical (unpaired) electrons. The maximum atomic E-state index is 12.7. The first-order chi connectivity index (χ1) is 15.3. The topological polar surface area (TPSA) is 66.2 Å². The smallest absolute Gasteiger partial charge is 0.423 e. The van der Waals surface area contributed by atoms with Crippen molar-refractivity contribution in [2.45, 2.75) is 21.3 Å². The van der Waals surface area contributed by atoms with Crippen molar-refractivity contribution in [3.8, 4) is 11.3 Å². The molecule has 0 atom stereocenters. The maximum Gasteiger partial charge on any atom is 0.488 e. The summed E-state index contributed by atoms with van der Waals surface area (Å²) >= 11 is 3.28. The predicted octanol–water partition coefficient (Wildman–Crippen LogP) is 5.49. The number of aryl methyl sites for hydroxylation is 2. The lowest BCUT2D eigenvalue weighted by Crippen LogP contribution is -2.29. The zero-order valence-corrected chi connectivity index (χ0v) is 19.2. The van der Waals surface area contributed by atoms with E-state index in [1.165, 1.54) is 42.0 Å². The first kappa shape index (κ1) is 28.1. The lowest BCUT2D eigenvalue weighted by molar-refractivity contribution is 0.425. The number of hydrogen-bond donors (Lipinski definition) is 2. The van der Waals surface area contributed by atoms with Crippen molar-refractivity contribution in [2.75, 3.05) is 0 Å². The Labute approximate surface area is 202 Å². The minimum atomic E-state index is -1.51. The van der Waals surface area contributed by atoms with Crippen LogP contribution in [0.25, 0.3) is 11.3 Å². The number of rotatable bonds is 2. The standard InChI is InChI=1S/C12H10FN.C6H6BFO2.C6H6BrN.CH4/c1-9-3-2-8-14-12(9)10-4-6-11(13)7-5-10;8-6-3-1-5(2-4-6)7(9)10;1-5-3-2-4-8-6(5)7;/h2-8H,1H3;1-4,9-10H;2-4H,1H3;1H4. The van der Waals surface area contributed by atoms with Crippen LogP contribution in [0, 0.1) is 25.5 Å². The first-order valence-corrected chi connectivity index (χ1v) is 10.4. The number of hydrogen-bond acceptors (Lipinski definition) is 4. The minimum Gasteiger partial charge on any atom is -0.423 e. The van der Waals surface area contributed by atoms with Crippen molar-refractivity contribution in [3.63, 3.8) is 0 Å². The molecule has 8 heteroatoms. The van der Waals surface area contributed by atoms with E-state index in [9.17, 15) is 8.78 Å². The molecule has 0 amide bonds. The van der Waals surface area contributed by atoms with E-state index in [2.05, 4.69) is 25.9 Å². The zero-order chi connectivity index (χ0) is 23.5. The van der Waals surface area contributed by atoms with Crippen molar-refractivity contribution in [1.82, 2.24) is 9.97 Å². The predicted molar refractivity (Wildman–Crippen MR) is 134 cm³/mol. The van der Waals surface area contributed by atoms with Gasteiger partial charge in [-0.1, -0.05) is 31.7 Å². The molecule has 4 rings (SSSR count). The maximum absolute atomic E-state index is 12.7. The Kier molecular flexibility index (Phi) is 12.1. The fourth-order valence-corrected chi connectivity index (χ4v) is 2.75. The van der Waals surface area contributed by atoms with Crippen LogP contribution in [-0.2, 0) is 0 Å². The molecule has 172 valence electrons. The molecule has 0 fully saturated rings. The van der Waals surface area contributed by atoms with E-state index in [1.54, 1.807) is 24.5 Å². The van der Waals surface area contributed by atoms with Gasteiger partial charge in [0.2, 0.25) is 0 Å². The normalized spacial score (nSPS) is 9.42. The molecule has 4 aromatic rings. The third-order valence-corrected chi connectivity index (χ3v) is 5.07. The molecular weight excluding hydrogens is 489 g/mol. The van der Waals surface area contributed by atoms with E-state index in [0.717, 1.165) is 21.4 Å². The van der Waals surface area contributed by atoms with Gasteiger partial charge in [0.1, 0.15) is 16.2 Å². The minimum absolute atomic E-state index is 0. The van der Waals surface area contributed by atoms with E-state index in [-0.39, 0.29) is 19.1 Å². The van der Waals surface area contributed by atoms with Crippen LogP contribution >= 0.6 is 15.9 Å². The summed E-state index contributed by atoms with van der Waals surface area (Å²) in [5, 5.41) is 17.1. The molecule has 0 unspecified atom stereocenters. The van der Waals surface area contributed by atoms with E-state index in [1.807, 2.05) is 38.1 Å². The third-order valence-electron chi connectivity index (χ3n) is 4.24. The number of aromatic nitrogens is 2. The van der Waals surface area contributed by atoms with Crippen molar-refractivity contribution in [1.29, 1.82) is 0 Å². The summed E-state index contributed by atoms with van der Waals surface area (Å²) in [7, 11) is -1.51. The van der Waals surface area contributed by atoms with Crippen LogP contribution in [-0.4, -0.2) is 27.1 Å². The molecule has 0 bridgehead atoms. The van der Waals surface area contributed by atoms with Gasteiger partial charge in [-0.15, -0.1) is 0 Å². The summed E-state index contributed by atoms with van der Waals surface area (Å²) < 4.78 is 25.8. The van der Waals surface area contributed by atoms with Crippen LogP contribution in [0.3, 0.4) is 0 Å². The van der Waals surface area contributed by atoms with Gasteiger partial charge < -0.3 is 10.0 Å². The Balaban J connectivity index is 0.000000255. The Morgan fingerprint density at radius 2 is 1.21 bits per heavy atom. The molecule has 2 heterocycles. The fraction of sp³-hybridized carbons (Fsp3) is 0.120. The number of benzene rings is 2. The number of halogens is 3. The van der Waals surface area contributed by atoms with Gasteiger partial charge in [-0.2, -0.15) is 0 Å². The molecule has 2 N–H and O–H groups in total. The van der Waals surface area contributed by atoms with E-state index >= 15 is 0 Å². The highest BCUT2D eigenvalue weighted by molar-refractivity contribution is 9.10. The molecule has 2 aromatic carbocycles.